The highest BCUT2D eigenvalue weighted by atomic mass is 32.2. The molecule has 0 radical (unpaired) electrons. The molecule has 1 fully saturated rings. The highest BCUT2D eigenvalue weighted by molar-refractivity contribution is 7.98. The second kappa shape index (κ2) is 7.48. The monoisotopic (exact) mass is 375 g/mol. The van der Waals surface area contributed by atoms with Gasteiger partial charge in [0, 0.05) is 25.3 Å². The Morgan fingerprint density at radius 2 is 2.04 bits per heavy atom. The quantitative estimate of drug-likeness (QED) is 0.741. The van der Waals surface area contributed by atoms with E-state index in [1.165, 1.54) is 6.42 Å². The van der Waals surface area contributed by atoms with Gasteiger partial charge in [0.1, 0.15) is 19.0 Å². The van der Waals surface area contributed by atoms with Gasteiger partial charge < -0.3 is 14.2 Å². The van der Waals surface area contributed by atoms with Crippen LogP contribution in [0.3, 0.4) is 0 Å². The number of nitrogens with zero attached hydrogens (tertiary/aromatic N) is 3. The first-order valence-corrected chi connectivity index (χ1v) is 10.5. The molecule has 0 N–H and O–H groups in total. The van der Waals surface area contributed by atoms with Crippen LogP contribution in [0.4, 0.5) is 0 Å². The van der Waals surface area contributed by atoms with Crippen molar-refractivity contribution in [2.45, 2.75) is 31.1 Å². The van der Waals surface area contributed by atoms with E-state index in [2.05, 4.69) is 6.26 Å². The number of ether oxygens (including phenoxy) is 3. The molecule has 0 bridgehead atoms. The molecular weight excluding hydrogens is 350 g/mol. The smallest absolute Gasteiger partial charge is 0.163 e. The van der Waals surface area contributed by atoms with Crippen LogP contribution in [0, 0.1) is 0 Å². The Kier molecular flexibility index (Phi) is 5.09. The highest BCUT2D eigenvalue weighted by Crippen LogP contribution is 2.44. The summed E-state index contributed by atoms with van der Waals surface area (Å²) < 4.78 is 18.9. The van der Waals surface area contributed by atoms with Gasteiger partial charge in [-0.1, -0.05) is 6.42 Å². The number of aromatic nitrogens is 3. The van der Waals surface area contributed by atoms with E-state index in [9.17, 15) is 0 Å². The van der Waals surface area contributed by atoms with Crippen molar-refractivity contribution in [3.8, 4) is 17.2 Å². The Bertz CT molecular complexity index is 773. The lowest BCUT2D eigenvalue weighted by Crippen LogP contribution is -2.41. The van der Waals surface area contributed by atoms with Crippen molar-refractivity contribution in [2.24, 2.45) is 0 Å². The van der Waals surface area contributed by atoms with Crippen molar-refractivity contribution >= 4 is 11.8 Å². The maximum absolute atomic E-state index is 5.76. The number of rotatable bonds is 7. The van der Waals surface area contributed by atoms with Crippen LogP contribution in [-0.2, 0) is 16.6 Å². The predicted molar refractivity (Wildman–Crippen MR) is 102 cm³/mol. The Hall–Kier alpha value is -1.73. The molecule has 1 aromatic heterocycles. The van der Waals surface area contributed by atoms with Gasteiger partial charge in [-0.25, -0.2) is 9.67 Å². The summed E-state index contributed by atoms with van der Waals surface area (Å²) in [5.41, 5.74) is 0.932. The molecule has 6 nitrogen and oxygen atoms in total. The summed E-state index contributed by atoms with van der Waals surface area (Å²) in [5.74, 6) is 4.49. The Labute approximate surface area is 158 Å². The molecule has 2 aliphatic rings. The zero-order valence-electron chi connectivity index (χ0n) is 15.4. The molecule has 2 aromatic rings. The molecule has 4 rings (SSSR count). The standard InChI is InChI=1S/C19H25N3O3S/c1-23-13-19(7-3-8-19)18-20-17(6-11-26-2)21-22(18)14-4-5-15-16(12-14)25-10-9-24-15/h4-5,12H,3,6-11,13H2,1-2H3. The first-order valence-electron chi connectivity index (χ1n) is 9.10. The van der Waals surface area contributed by atoms with Crippen LogP contribution in [-0.4, -0.2) is 53.7 Å². The number of methoxy groups -OCH3 is 1. The second-order valence-corrected chi connectivity index (χ2v) is 7.89. The van der Waals surface area contributed by atoms with E-state index in [1.54, 1.807) is 7.11 Å². The summed E-state index contributed by atoms with van der Waals surface area (Å²) in [6, 6.07) is 5.99. The topological polar surface area (TPSA) is 58.4 Å². The van der Waals surface area contributed by atoms with Crippen molar-refractivity contribution < 1.29 is 14.2 Å². The molecule has 0 spiro atoms. The van der Waals surface area contributed by atoms with Crippen molar-refractivity contribution in [2.75, 3.05) is 38.9 Å². The van der Waals surface area contributed by atoms with Crippen LogP contribution in [0.5, 0.6) is 11.5 Å². The lowest BCUT2D eigenvalue weighted by molar-refractivity contribution is 0.0716. The largest absolute Gasteiger partial charge is 0.486 e. The van der Waals surface area contributed by atoms with Gasteiger partial charge in [0.2, 0.25) is 0 Å². The fourth-order valence-corrected chi connectivity index (χ4v) is 4.04. The molecule has 2 heterocycles. The third kappa shape index (κ3) is 3.18. The lowest BCUT2D eigenvalue weighted by atomic mass is 9.68. The molecule has 1 aliphatic carbocycles. The van der Waals surface area contributed by atoms with Gasteiger partial charge in [0.25, 0.3) is 0 Å². The highest BCUT2D eigenvalue weighted by Gasteiger charge is 2.43. The molecule has 140 valence electrons. The van der Waals surface area contributed by atoms with E-state index in [1.807, 2.05) is 34.6 Å². The van der Waals surface area contributed by atoms with Gasteiger partial charge in [0.15, 0.2) is 17.3 Å². The van der Waals surface area contributed by atoms with E-state index in [0.29, 0.717) is 19.8 Å². The molecule has 1 saturated carbocycles. The fraction of sp³-hybridized carbons (Fsp3) is 0.579. The maximum atomic E-state index is 5.76. The summed E-state index contributed by atoms with van der Waals surface area (Å²) in [6.07, 6.45) is 6.36. The van der Waals surface area contributed by atoms with Gasteiger partial charge in [-0.15, -0.1) is 0 Å². The van der Waals surface area contributed by atoms with E-state index >= 15 is 0 Å². The molecule has 1 aliphatic heterocycles. The Morgan fingerprint density at radius 3 is 2.73 bits per heavy atom. The van der Waals surface area contributed by atoms with Crippen molar-refractivity contribution in [3.05, 3.63) is 29.8 Å². The van der Waals surface area contributed by atoms with Crippen LogP contribution >= 0.6 is 11.8 Å². The van der Waals surface area contributed by atoms with Gasteiger partial charge in [-0.05, 0) is 31.2 Å². The van der Waals surface area contributed by atoms with Crippen molar-refractivity contribution in [1.82, 2.24) is 14.8 Å². The second-order valence-electron chi connectivity index (χ2n) is 6.90. The molecule has 1 aromatic carbocycles. The summed E-state index contributed by atoms with van der Waals surface area (Å²) in [7, 11) is 1.76. The molecule has 0 atom stereocenters. The summed E-state index contributed by atoms with van der Waals surface area (Å²) in [6.45, 7) is 1.85. The van der Waals surface area contributed by atoms with Crippen LogP contribution in [0.15, 0.2) is 18.2 Å². The zero-order valence-corrected chi connectivity index (χ0v) is 16.2. The van der Waals surface area contributed by atoms with Gasteiger partial charge in [-0.2, -0.15) is 16.9 Å². The van der Waals surface area contributed by atoms with E-state index < -0.39 is 0 Å². The van der Waals surface area contributed by atoms with Crippen LogP contribution < -0.4 is 9.47 Å². The minimum absolute atomic E-state index is 0.0351. The molecule has 0 unspecified atom stereocenters. The Balaban J connectivity index is 1.75. The zero-order chi connectivity index (χ0) is 18.0. The molecular formula is C19H25N3O3S. The van der Waals surface area contributed by atoms with E-state index in [0.717, 1.165) is 53.9 Å². The van der Waals surface area contributed by atoms with Crippen molar-refractivity contribution in [3.63, 3.8) is 0 Å². The number of aryl methyl sites for hydroxylation is 1. The van der Waals surface area contributed by atoms with Crippen LogP contribution in [0.2, 0.25) is 0 Å². The van der Waals surface area contributed by atoms with Crippen molar-refractivity contribution in [1.29, 1.82) is 0 Å². The predicted octanol–water partition coefficient (Wildman–Crippen LogP) is 3.01. The Morgan fingerprint density at radius 1 is 1.23 bits per heavy atom. The number of hydrogen-bond acceptors (Lipinski definition) is 6. The summed E-state index contributed by atoms with van der Waals surface area (Å²) >= 11 is 1.81. The fourth-order valence-electron chi connectivity index (χ4n) is 3.65. The third-order valence-corrected chi connectivity index (χ3v) is 5.77. The van der Waals surface area contributed by atoms with Gasteiger partial charge in [-0.3, -0.25) is 0 Å². The average molecular weight is 375 g/mol. The summed E-state index contributed by atoms with van der Waals surface area (Å²) in [4.78, 5) is 4.94. The first kappa shape index (κ1) is 17.7. The summed E-state index contributed by atoms with van der Waals surface area (Å²) in [5, 5.41) is 4.84. The maximum Gasteiger partial charge on any atom is 0.163 e. The van der Waals surface area contributed by atoms with E-state index in [4.69, 9.17) is 24.3 Å². The normalized spacial score (nSPS) is 17.8. The SMILES string of the molecule is COCC1(c2nc(CCSC)nn2-c2ccc3c(c2)OCCO3)CCC1. The average Bonchev–Trinajstić information content (AvgIpc) is 3.07. The number of hydrogen-bond donors (Lipinski definition) is 0. The minimum Gasteiger partial charge on any atom is -0.486 e. The number of benzene rings is 1. The first-order chi connectivity index (χ1) is 12.8. The van der Waals surface area contributed by atoms with Gasteiger partial charge in [0.05, 0.1) is 17.7 Å². The van der Waals surface area contributed by atoms with Crippen LogP contribution in [0.25, 0.3) is 5.69 Å². The lowest BCUT2D eigenvalue weighted by Gasteiger charge is -2.40. The minimum atomic E-state index is -0.0351. The molecule has 0 saturated heterocycles. The third-order valence-electron chi connectivity index (χ3n) is 5.16. The molecule has 0 amide bonds. The molecule has 7 heteroatoms. The molecule has 26 heavy (non-hydrogen) atoms. The number of fused-ring (bicyclic) bond motifs is 1. The van der Waals surface area contributed by atoms with Gasteiger partial charge >= 0.3 is 0 Å². The van der Waals surface area contributed by atoms with Crippen LogP contribution in [0.1, 0.15) is 30.9 Å². The number of thioether (sulfide) groups is 1. The van der Waals surface area contributed by atoms with E-state index in [-0.39, 0.29) is 5.41 Å².